The van der Waals surface area contributed by atoms with E-state index in [0.29, 0.717) is 17.1 Å². The van der Waals surface area contributed by atoms with E-state index in [0.717, 1.165) is 24.8 Å². The minimum absolute atomic E-state index is 0.0314. The second kappa shape index (κ2) is 11.3. The average Bonchev–Trinajstić information content (AvgIpc) is 2.80. The number of benzene rings is 2. The summed E-state index contributed by atoms with van der Waals surface area (Å²) in [5.74, 6) is -1.50. The lowest BCUT2D eigenvalue weighted by atomic mass is 9.95. The number of rotatable bonds is 10. The molecule has 0 radical (unpaired) electrons. The van der Waals surface area contributed by atoms with Crippen LogP contribution < -0.4 is 26.0 Å². The first kappa shape index (κ1) is 28.1. The van der Waals surface area contributed by atoms with E-state index in [1.807, 2.05) is 32.1 Å². The molecule has 0 aliphatic carbocycles. The van der Waals surface area contributed by atoms with Crippen molar-refractivity contribution in [1.29, 1.82) is 0 Å². The predicted octanol–water partition coefficient (Wildman–Crippen LogP) is 4.11. The van der Waals surface area contributed by atoms with E-state index >= 15 is 0 Å². The van der Waals surface area contributed by atoms with Gasteiger partial charge in [0, 0.05) is 31.8 Å². The molecule has 0 aliphatic heterocycles. The Hall–Kier alpha value is -3.48. The van der Waals surface area contributed by atoms with Gasteiger partial charge in [0.25, 0.3) is 0 Å². The van der Waals surface area contributed by atoms with Crippen LogP contribution in [0.25, 0.3) is 0 Å². The van der Waals surface area contributed by atoms with Crippen LogP contribution in [0.1, 0.15) is 19.4 Å². The second-order valence-corrected chi connectivity index (χ2v) is 9.56. The van der Waals surface area contributed by atoms with Gasteiger partial charge in [0.05, 0.1) is 35.5 Å². The lowest BCUT2D eigenvalue weighted by Gasteiger charge is -2.24. The van der Waals surface area contributed by atoms with Gasteiger partial charge in [-0.2, -0.15) is 4.98 Å². The van der Waals surface area contributed by atoms with Gasteiger partial charge in [-0.1, -0.05) is 11.6 Å². The van der Waals surface area contributed by atoms with Crippen molar-refractivity contribution in [3.63, 3.8) is 0 Å². The summed E-state index contributed by atoms with van der Waals surface area (Å²) in [6.45, 7) is 4.30. The van der Waals surface area contributed by atoms with E-state index < -0.39 is 22.3 Å². The van der Waals surface area contributed by atoms with Gasteiger partial charge >= 0.3 is 0 Å². The Kier molecular flexibility index (Phi) is 8.57. The van der Waals surface area contributed by atoms with Crippen molar-refractivity contribution in [3.05, 3.63) is 46.7 Å². The molecule has 200 valence electrons. The molecule has 1 heterocycles. The number of aromatic nitrogens is 3. The zero-order chi connectivity index (χ0) is 27.5. The smallest absolute Gasteiger partial charge is 0.232 e. The van der Waals surface area contributed by atoms with Gasteiger partial charge in [-0.25, -0.2) is 18.7 Å². The van der Waals surface area contributed by atoms with Gasteiger partial charge in [0.1, 0.15) is 22.9 Å². The molecular formula is C24H31ClF2N8O2. The van der Waals surface area contributed by atoms with Crippen LogP contribution in [0.5, 0.6) is 5.75 Å². The zero-order valence-electron chi connectivity index (χ0n) is 21.5. The zero-order valence-corrected chi connectivity index (χ0v) is 22.3. The van der Waals surface area contributed by atoms with Gasteiger partial charge in [-0.15, -0.1) is 0 Å². The average molecular weight is 537 g/mol. The summed E-state index contributed by atoms with van der Waals surface area (Å²) in [7, 11) is 7.46. The molecule has 0 saturated carbocycles. The van der Waals surface area contributed by atoms with Crippen LogP contribution in [-0.4, -0.2) is 66.3 Å². The first-order valence-electron chi connectivity index (χ1n) is 11.3. The van der Waals surface area contributed by atoms with Gasteiger partial charge < -0.3 is 36.0 Å². The summed E-state index contributed by atoms with van der Waals surface area (Å²) in [5.41, 5.74) is 6.13. The van der Waals surface area contributed by atoms with E-state index in [9.17, 15) is 13.9 Å². The third kappa shape index (κ3) is 6.64. The van der Waals surface area contributed by atoms with Crippen LogP contribution in [0.2, 0.25) is 5.02 Å². The van der Waals surface area contributed by atoms with Crippen LogP contribution >= 0.6 is 11.6 Å². The SMILES string of the molecule is COc1cc(N(C)CCN(C)C)c(N)cc1Nc1ncnc(Nc2cc(F)c(Cl)c(F)c2C(C)(C)O)n1. The van der Waals surface area contributed by atoms with Crippen molar-refractivity contribution in [3.8, 4) is 5.75 Å². The number of methoxy groups -OCH3 is 1. The first-order valence-corrected chi connectivity index (χ1v) is 11.7. The number of halogens is 3. The second-order valence-electron chi connectivity index (χ2n) is 9.19. The van der Waals surface area contributed by atoms with E-state index in [1.165, 1.54) is 27.3 Å². The summed E-state index contributed by atoms with van der Waals surface area (Å²) < 4.78 is 34.4. The van der Waals surface area contributed by atoms with Crippen LogP contribution in [-0.2, 0) is 5.60 Å². The van der Waals surface area contributed by atoms with Gasteiger partial charge in [-0.3, -0.25) is 0 Å². The molecule has 0 fully saturated rings. The highest BCUT2D eigenvalue weighted by Crippen LogP contribution is 2.38. The number of ether oxygens (including phenoxy) is 1. The fourth-order valence-electron chi connectivity index (χ4n) is 3.60. The molecule has 3 aromatic rings. The topological polar surface area (TPSA) is 125 Å². The Morgan fingerprint density at radius 3 is 2.24 bits per heavy atom. The molecule has 2 aromatic carbocycles. The van der Waals surface area contributed by atoms with Crippen molar-refractivity contribution in [2.45, 2.75) is 19.4 Å². The highest BCUT2D eigenvalue weighted by atomic mass is 35.5. The van der Waals surface area contributed by atoms with Crippen molar-refractivity contribution in [2.24, 2.45) is 0 Å². The van der Waals surface area contributed by atoms with Crippen molar-refractivity contribution in [2.75, 3.05) is 62.6 Å². The molecule has 0 bridgehead atoms. The Balaban J connectivity index is 1.90. The minimum Gasteiger partial charge on any atom is -0.494 e. The molecule has 0 spiro atoms. The number of aliphatic hydroxyl groups is 1. The number of nitrogens with zero attached hydrogens (tertiary/aromatic N) is 5. The number of nitrogens with one attached hydrogen (secondary N) is 2. The highest BCUT2D eigenvalue weighted by molar-refractivity contribution is 6.31. The van der Waals surface area contributed by atoms with Gasteiger partial charge in [0.2, 0.25) is 11.9 Å². The number of nitrogens with two attached hydrogens (primary N) is 1. The van der Waals surface area contributed by atoms with E-state index in [2.05, 4.69) is 30.5 Å². The number of hydrogen-bond acceptors (Lipinski definition) is 10. The Labute approximate surface area is 219 Å². The standard InChI is InChI=1S/C24H31ClF2N8O2/c1-24(2,36)19-16(9-13(26)20(25)21(19)27)32-23-30-12-29-22(33-23)31-15-10-14(28)17(11-18(15)37-6)35(5)8-7-34(3)4/h9-12,36H,7-8,28H2,1-6H3,(H2,29,30,31,32,33). The van der Waals surface area contributed by atoms with Crippen LogP contribution in [0.15, 0.2) is 24.5 Å². The number of likely N-dealkylation sites (N-methyl/N-ethyl adjacent to an activating group) is 2. The normalized spacial score (nSPS) is 11.5. The summed E-state index contributed by atoms with van der Waals surface area (Å²) in [4.78, 5) is 16.5. The number of nitrogen functional groups attached to an aromatic ring is 1. The van der Waals surface area contributed by atoms with Crippen LogP contribution in [0, 0.1) is 11.6 Å². The maximum absolute atomic E-state index is 14.7. The fourth-order valence-corrected chi connectivity index (χ4v) is 3.75. The Bertz CT molecular complexity index is 1270. The maximum Gasteiger partial charge on any atom is 0.232 e. The maximum atomic E-state index is 14.7. The Morgan fingerprint density at radius 1 is 1.05 bits per heavy atom. The molecular weight excluding hydrogens is 506 g/mol. The van der Waals surface area contributed by atoms with Crippen molar-refractivity contribution >= 4 is 46.2 Å². The van der Waals surface area contributed by atoms with Crippen molar-refractivity contribution in [1.82, 2.24) is 19.9 Å². The molecule has 5 N–H and O–H groups in total. The predicted molar refractivity (Wildman–Crippen MR) is 142 cm³/mol. The number of anilines is 6. The molecule has 13 heteroatoms. The fraction of sp³-hybridized carbons (Fsp3) is 0.375. The molecule has 3 rings (SSSR count). The lowest BCUT2D eigenvalue weighted by Crippen LogP contribution is -2.29. The van der Waals surface area contributed by atoms with Crippen LogP contribution in [0.4, 0.5) is 43.4 Å². The molecule has 0 atom stereocenters. The third-order valence-electron chi connectivity index (χ3n) is 5.48. The molecule has 10 nitrogen and oxygen atoms in total. The first-order chi connectivity index (χ1) is 17.3. The van der Waals surface area contributed by atoms with E-state index in [4.69, 9.17) is 22.1 Å². The van der Waals surface area contributed by atoms with Crippen molar-refractivity contribution < 1.29 is 18.6 Å². The Morgan fingerprint density at radius 2 is 1.68 bits per heavy atom. The van der Waals surface area contributed by atoms with Gasteiger partial charge in [0.15, 0.2) is 5.82 Å². The molecule has 37 heavy (non-hydrogen) atoms. The largest absolute Gasteiger partial charge is 0.494 e. The molecule has 0 amide bonds. The highest BCUT2D eigenvalue weighted by Gasteiger charge is 2.29. The summed E-state index contributed by atoms with van der Waals surface area (Å²) in [5, 5.41) is 15.5. The van der Waals surface area contributed by atoms with Crippen LogP contribution in [0.3, 0.4) is 0 Å². The van der Waals surface area contributed by atoms with E-state index in [1.54, 1.807) is 6.07 Å². The number of hydrogen-bond donors (Lipinski definition) is 4. The minimum atomic E-state index is -1.68. The van der Waals surface area contributed by atoms with Gasteiger partial charge in [-0.05, 0) is 40.1 Å². The van der Waals surface area contributed by atoms with E-state index in [-0.39, 0.29) is 23.1 Å². The summed E-state index contributed by atoms with van der Waals surface area (Å²) >= 11 is 5.72. The molecule has 0 aliphatic rings. The molecule has 0 unspecified atom stereocenters. The third-order valence-corrected chi connectivity index (χ3v) is 5.83. The molecule has 0 saturated heterocycles. The summed E-state index contributed by atoms with van der Waals surface area (Å²) in [6, 6.07) is 4.47. The monoisotopic (exact) mass is 536 g/mol. The quantitative estimate of drug-likeness (QED) is 0.222. The lowest BCUT2D eigenvalue weighted by molar-refractivity contribution is 0.0753. The molecule has 1 aromatic heterocycles. The summed E-state index contributed by atoms with van der Waals surface area (Å²) in [6.07, 6.45) is 1.21.